The summed E-state index contributed by atoms with van der Waals surface area (Å²) in [5.74, 6) is 0.0110. The Kier molecular flexibility index (Phi) is 3.71. The van der Waals surface area contributed by atoms with E-state index in [0.717, 1.165) is 27.5 Å². The summed E-state index contributed by atoms with van der Waals surface area (Å²) in [6.45, 7) is 3.85. The summed E-state index contributed by atoms with van der Waals surface area (Å²) in [5, 5.41) is 11.1. The van der Waals surface area contributed by atoms with Crippen LogP contribution in [0.15, 0.2) is 54.7 Å². The Morgan fingerprint density at radius 1 is 1.20 bits per heavy atom. The predicted octanol–water partition coefficient (Wildman–Crippen LogP) is 2.61. The van der Waals surface area contributed by atoms with Crippen LogP contribution in [-0.2, 0) is 16.7 Å². The minimum absolute atomic E-state index is 0.0110. The Balaban J connectivity index is 1.67. The largest absolute Gasteiger partial charge is 0.492 e. The summed E-state index contributed by atoms with van der Waals surface area (Å²) in [6.07, 6.45) is 1.96. The Hall–Kier alpha value is -2.50. The first-order chi connectivity index (χ1) is 12.0. The molecule has 4 rings (SSSR count). The minimum atomic E-state index is -0.945. The number of hydrogen-bond acceptors (Lipinski definition) is 4. The first-order valence-electron chi connectivity index (χ1n) is 8.32. The summed E-state index contributed by atoms with van der Waals surface area (Å²) in [7, 11) is -0.945. The van der Waals surface area contributed by atoms with Crippen LogP contribution in [0.5, 0.6) is 0 Å². The summed E-state index contributed by atoms with van der Waals surface area (Å²) >= 11 is 0. The highest BCUT2D eigenvalue weighted by Crippen LogP contribution is 2.30. The molecule has 1 aliphatic heterocycles. The van der Waals surface area contributed by atoms with Crippen molar-refractivity contribution in [1.29, 1.82) is 0 Å². The second kappa shape index (κ2) is 5.79. The number of carbonyl (C=O) groups is 1. The fourth-order valence-corrected chi connectivity index (χ4v) is 3.49. The number of ketones is 1. The molecule has 0 fully saturated rings. The van der Waals surface area contributed by atoms with Gasteiger partial charge in [-0.3, -0.25) is 9.78 Å². The average Bonchev–Trinajstić information content (AvgIpc) is 2.83. The van der Waals surface area contributed by atoms with Gasteiger partial charge in [0.2, 0.25) is 0 Å². The number of para-hydroxylation sites is 1. The third kappa shape index (κ3) is 2.75. The van der Waals surface area contributed by atoms with Crippen LogP contribution in [0.3, 0.4) is 0 Å². The van der Waals surface area contributed by atoms with Gasteiger partial charge in [-0.2, -0.15) is 0 Å². The Morgan fingerprint density at radius 2 is 2.00 bits per heavy atom. The third-order valence-corrected chi connectivity index (χ3v) is 4.73. The lowest BCUT2D eigenvalue weighted by atomic mass is 9.77. The van der Waals surface area contributed by atoms with Gasteiger partial charge in [0, 0.05) is 23.6 Å². The first-order valence-corrected chi connectivity index (χ1v) is 8.32. The molecule has 1 aromatic heterocycles. The average molecular weight is 331 g/mol. The number of hydrogen-bond donors (Lipinski definition) is 1. The lowest BCUT2D eigenvalue weighted by Gasteiger charge is -2.19. The zero-order valence-corrected chi connectivity index (χ0v) is 14.2. The molecule has 0 spiro atoms. The van der Waals surface area contributed by atoms with E-state index in [-0.39, 0.29) is 12.2 Å². The topological polar surface area (TPSA) is 59.4 Å². The zero-order valence-electron chi connectivity index (χ0n) is 14.2. The summed E-state index contributed by atoms with van der Waals surface area (Å²) in [6, 6.07) is 15.2. The molecule has 0 atom stereocenters. The second-order valence-corrected chi connectivity index (χ2v) is 6.88. The zero-order chi connectivity index (χ0) is 17.6. The van der Waals surface area contributed by atoms with Crippen molar-refractivity contribution < 1.29 is 14.5 Å². The normalized spacial score (nSPS) is 15.4. The van der Waals surface area contributed by atoms with Crippen LogP contribution in [0, 0.1) is 0 Å². The molecule has 2 heterocycles. The van der Waals surface area contributed by atoms with Crippen LogP contribution < -0.4 is 5.46 Å². The molecule has 0 bridgehead atoms. The van der Waals surface area contributed by atoms with Gasteiger partial charge < -0.3 is 9.68 Å². The molecule has 124 valence electrons. The van der Waals surface area contributed by atoms with Crippen molar-refractivity contribution in [3.05, 3.63) is 71.4 Å². The molecule has 5 heteroatoms. The summed E-state index contributed by atoms with van der Waals surface area (Å²) in [5.41, 5.74) is 3.39. The lowest BCUT2D eigenvalue weighted by molar-refractivity contribution is 0.0992. The quantitative estimate of drug-likeness (QED) is 0.592. The number of benzene rings is 2. The highest BCUT2D eigenvalue weighted by Gasteiger charge is 2.40. The van der Waals surface area contributed by atoms with E-state index in [1.165, 1.54) is 0 Å². The van der Waals surface area contributed by atoms with Crippen LogP contribution in [0.4, 0.5) is 0 Å². The Bertz CT molecular complexity index is 978. The smallest absolute Gasteiger partial charge is 0.423 e. The molecular formula is C20H18BNO3. The molecule has 3 aromatic rings. The van der Waals surface area contributed by atoms with Crippen molar-refractivity contribution in [3.63, 3.8) is 0 Å². The lowest BCUT2D eigenvalue weighted by Crippen LogP contribution is -2.29. The van der Waals surface area contributed by atoms with E-state index < -0.39 is 12.7 Å². The van der Waals surface area contributed by atoms with E-state index in [2.05, 4.69) is 4.98 Å². The summed E-state index contributed by atoms with van der Waals surface area (Å²) in [4.78, 5) is 17.2. The van der Waals surface area contributed by atoms with Gasteiger partial charge in [0.05, 0.1) is 11.1 Å². The Morgan fingerprint density at radius 3 is 2.84 bits per heavy atom. The number of pyridine rings is 1. The van der Waals surface area contributed by atoms with Gasteiger partial charge >= 0.3 is 7.12 Å². The monoisotopic (exact) mass is 331 g/mol. The molecule has 4 nitrogen and oxygen atoms in total. The molecule has 0 radical (unpaired) electrons. The molecule has 0 unspecified atom stereocenters. The number of nitrogens with zero attached hydrogens (tertiary/aromatic N) is 1. The van der Waals surface area contributed by atoms with Gasteiger partial charge in [0.1, 0.15) is 0 Å². The predicted molar refractivity (Wildman–Crippen MR) is 97.9 cm³/mol. The summed E-state index contributed by atoms with van der Waals surface area (Å²) < 4.78 is 5.58. The molecule has 0 saturated heterocycles. The van der Waals surface area contributed by atoms with E-state index in [0.29, 0.717) is 5.56 Å². The van der Waals surface area contributed by atoms with Crippen molar-refractivity contribution >= 4 is 29.3 Å². The van der Waals surface area contributed by atoms with Crippen LogP contribution in [0.1, 0.15) is 35.3 Å². The SMILES string of the molecule is CC1(C)OB(O)c2cc(CC(=O)c3cccc4cccnc34)ccc21. The fraction of sp³-hybridized carbons (Fsp3) is 0.200. The third-order valence-electron chi connectivity index (χ3n) is 4.73. The van der Waals surface area contributed by atoms with Crippen LogP contribution in [0.25, 0.3) is 10.9 Å². The van der Waals surface area contributed by atoms with Crippen LogP contribution >= 0.6 is 0 Å². The van der Waals surface area contributed by atoms with Crippen molar-refractivity contribution in [1.82, 2.24) is 4.98 Å². The number of rotatable bonds is 3. The van der Waals surface area contributed by atoms with Gasteiger partial charge in [-0.1, -0.05) is 36.4 Å². The molecule has 2 aromatic carbocycles. The van der Waals surface area contributed by atoms with E-state index in [9.17, 15) is 9.82 Å². The van der Waals surface area contributed by atoms with Crippen molar-refractivity contribution in [2.45, 2.75) is 25.9 Å². The fourth-order valence-electron chi connectivity index (χ4n) is 3.49. The maximum absolute atomic E-state index is 12.8. The van der Waals surface area contributed by atoms with E-state index in [1.807, 2.05) is 62.4 Å². The number of aromatic nitrogens is 1. The highest BCUT2D eigenvalue weighted by atomic mass is 16.5. The van der Waals surface area contributed by atoms with Gasteiger partial charge in [-0.05, 0) is 42.6 Å². The standard InChI is InChI=1S/C20H18BNO3/c1-20(2)16-9-8-13(11-17(16)21(24)25-20)12-18(23)15-7-3-5-14-6-4-10-22-19(14)15/h3-11,24H,12H2,1-2H3. The van der Waals surface area contributed by atoms with Crippen LogP contribution in [-0.4, -0.2) is 22.9 Å². The molecule has 1 N–H and O–H groups in total. The van der Waals surface area contributed by atoms with Gasteiger partial charge in [0.25, 0.3) is 0 Å². The van der Waals surface area contributed by atoms with Crippen molar-refractivity contribution in [2.24, 2.45) is 0 Å². The molecule has 25 heavy (non-hydrogen) atoms. The highest BCUT2D eigenvalue weighted by molar-refractivity contribution is 6.62. The number of fused-ring (bicyclic) bond motifs is 2. The molecule has 0 saturated carbocycles. The van der Waals surface area contributed by atoms with E-state index in [4.69, 9.17) is 4.65 Å². The molecular weight excluding hydrogens is 313 g/mol. The molecule has 1 aliphatic rings. The van der Waals surface area contributed by atoms with Crippen LogP contribution in [0.2, 0.25) is 0 Å². The number of carbonyl (C=O) groups excluding carboxylic acids is 1. The van der Waals surface area contributed by atoms with E-state index in [1.54, 1.807) is 6.20 Å². The maximum atomic E-state index is 12.8. The minimum Gasteiger partial charge on any atom is -0.423 e. The first kappa shape index (κ1) is 16.0. The molecule has 0 aliphatic carbocycles. The maximum Gasteiger partial charge on any atom is 0.492 e. The second-order valence-electron chi connectivity index (χ2n) is 6.88. The van der Waals surface area contributed by atoms with E-state index >= 15 is 0 Å². The molecule has 0 amide bonds. The Labute approximate surface area is 146 Å². The van der Waals surface area contributed by atoms with Gasteiger partial charge in [-0.15, -0.1) is 0 Å². The van der Waals surface area contributed by atoms with Gasteiger partial charge in [-0.25, -0.2) is 0 Å². The van der Waals surface area contributed by atoms with Crippen molar-refractivity contribution in [3.8, 4) is 0 Å². The van der Waals surface area contributed by atoms with Gasteiger partial charge in [0.15, 0.2) is 5.78 Å². The number of Topliss-reactive ketones (excluding diaryl/α,β-unsaturated/α-hetero) is 1. The van der Waals surface area contributed by atoms with Crippen molar-refractivity contribution in [2.75, 3.05) is 0 Å².